The van der Waals surface area contributed by atoms with E-state index in [0.29, 0.717) is 12.0 Å². The van der Waals surface area contributed by atoms with Crippen molar-refractivity contribution in [3.8, 4) is 11.5 Å². The lowest BCUT2D eigenvalue weighted by molar-refractivity contribution is 0.453. The number of benzene rings is 2. The van der Waals surface area contributed by atoms with Crippen LogP contribution in [0.1, 0.15) is 31.7 Å². The summed E-state index contributed by atoms with van der Waals surface area (Å²) in [6.45, 7) is 2.07. The number of rotatable bonds is 7. The van der Waals surface area contributed by atoms with Crippen molar-refractivity contribution < 1.29 is 23.0 Å². The fourth-order valence-corrected chi connectivity index (χ4v) is 3.45. The van der Waals surface area contributed by atoms with Gasteiger partial charge in [0.05, 0.1) is 4.90 Å². The van der Waals surface area contributed by atoms with Gasteiger partial charge in [0.1, 0.15) is 23.0 Å². The van der Waals surface area contributed by atoms with E-state index in [9.17, 15) is 23.0 Å². The molecule has 0 saturated carbocycles. The van der Waals surface area contributed by atoms with Crippen LogP contribution in [0, 0.1) is 5.82 Å². The zero-order valence-corrected chi connectivity index (χ0v) is 14.1. The molecule has 7 heteroatoms. The molecular formula is C17H20FNO4S. The van der Waals surface area contributed by atoms with Crippen LogP contribution in [0.4, 0.5) is 10.1 Å². The van der Waals surface area contributed by atoms with Gasteiger partial charge in [-0.1, -0.05) is 25.8 Å². The molecule has 0 aliphatic heterocycles. The van der Waals surface area contributed by atoms with Crippen molar-refractivity contribution in [1.29, 1.82) is 0 Å². The summed E-state index contributed by atoms with van der Waals surface area (Å²) in [4.78, 5) is -0.298. The van der Waals surface area contributed by atoms with Crippen LogP contribution < -0.4 is 4.72 Å². The Labute approximate surface area is 140 Å². The molecule has 0 aliphatic rings. The Bertz CT molecular complexity index is 798. The highest BCUT2D eigenvalue weighted by atomic mass is 32.2. The number of anilines is 1. The lowest BCUT2D eigenvalue weighted by atomic mass is 10.1. The molecular weight excluding hydrogens is 333 g/mol. The third-order valence-electron chi connectivity index (χ3n) is 3.57. The Morgan fingerprint density at radius 1 is 1.08 bits per heavy atom. The lowest BCUT2D eigenvalue weighted by Gasteiger charge is -2.13. The molecule has 0 heterocycles. The van der Waals surface area contributed by atoms with Gasteiger partial charge in [-0.05, 0) is 48.7 Å². The smallest absolute Gasteiger partial charge is 0.262 e. The average Bonchev–Trinajstić information content (AvgIpc) is 2.51. The molecule has 24 heavy (non-hydrogen) atoms. The van der Waals surface area contributed by atoms with E-state index in [2.05, 4.69) is 11.6 Å². The third-order valence-corrected chi connectivity index (χ3v) is 4.92. The van der Waals surface area contributed by atoms with Crippen LogP contribution >= 0.6 is 0 Å². The van der Waals surface area contributed by atoms with E-state index in [1.165, 1.54) is 24.3 Å². The van der Waals surface area contributed by atoms with Crippen LogP contribution in [0.5, 0.6) is 11.5 Å². The zero-order valence-electron chi connectivity index (χ0n) is 13.3. The largest absolute Gasteiger partial charge is 0.506 e. The zero-order chi connectivity index (χ0) is 17.7. The molecule has 130 valence electrons. The molecule has 0 fully saturated rings. The minimum atomic E-state index is -4.12. The van der Waals surface area contributed by atoms with E-state index in [-0.39, 0.29) is 22.1 Å². The van der Waals surface area contributed by atoms with Gasteiger partial charge in [0.25, 0.3) is 10.0 Å². The minimum Gasteiger partial charge on any atom is -0.506 e. The summed E-state index contributed by atoms with van der Waals surface area (Å²) in [6.07, 6.45) is 3.65. The number of phenols is 2. The number of hydrogen-bond acceptors (Lipinski definition) is 4. The Morgan fingerprint density at radius 2 is 1.75 bits per heavy atom. The summed E-state index contributed by atoms with van der Waals surface area (Å²) in [7, 11) is -4.12. The van der Waals surface area contributed by atoms with Crippen LogP contribution in [0.15, 0.2) is 41.3 Å². The van der Waals surface area contributed by atoms with Gasteiger partial charge in [-0.15, -0.1) is 0 Å². The first-order chi connectivity index (χ1) is 11.3. The summed E-state index contributed by atoms with van der Waals surface area (Å²) in [5.74, 6) is -1.44. The molecule has 0 unspecified atom stereocenters. The SMILES string of the molecule is CCCCCc1cc(O)c(NS(=O)(=O)c2cccc(F)c2)c(O)c1. The second-order valence-electron chi connectivity index (χ2n) is 5.53. The number of halogens is 1. The number of hydrogen-bond donors (Lipinski definition) is 3. The highest BCUT2D eigenvalue weighted by Crippen LogP contribution is 2.36. The Kier molecular flexibility index (Phi) is 5.66. The highest BCUT2D eigenvalue weighted by Gasteiger charge is 2.20. The molecule has 0 saturated heterocycles. The van der Waals surface area contributed by atoms with Crippen LogP contribution in [-0.4, -0.2) is 18.6 Å². The predicted octanol–water partition coefficient (Wildman–Crippen LogP) is 3.77. The van der Waals surface area contributed by atoms with Gasteiger partial charge in [0.15, 0.2) is 0 Å². The average molecular weight is 353 g/mol. The standard InChI is InChI=1S/C17H20FNO4S/c1-2-3-4-6-12-9-15(20)17(16(21)10-12)19-24(22,23)14-8-5-7-13(18)11-14/h5,7-11,19-21H,2-4,6H2,1H3. The maximum absolute atomic E-state index is 13.2. The van der Waals surface area contributed by atoms with Gasteiger partial charge < -0.3 is 10.2 Å². The lowest BCUT2D eigenvalue weighted by Crippen LogP contribution is -2.13. The van der Waals surface area contributed by atoms with E-state index in [1.807, 2.05) is 0 Å². The van der Waals surface area contributed by atoms with Crippen molar-refractivity contribution in [2.24, 2.45) is 0 Å². The second-order valence-corrected chi connectivity index (χ2v) is 7.21. The second kappa shape index (κ2) is 7.53. The molecule has 0 bridgehead atoms. The van der Waals surface area contributed by atoms with Gasteiger partial charge in [-0.2, -0.15) is 0 Å². The van der Waals surface area contributed by atoms with Gasteiger partial charge in [-0.3, -0.25) is 4.72 Å². The summed E-state index contributed by atoms with van der Waals surface area (Å²) < 4.78 is 39.8. The van der Waals surface area contributed by atoms with Crippen molar-refractivity contribution in [3.05, 3.63) is 47.8 Å². The first kappa shape index (κ1) is 18.1. The topological polar surface area (TPSA) is 86.6 Å². The van der Waals surface area contributed by atoms with E-state index in [0.717, 1.165) is 31.4 Å². The summed E-state index contributed by atoms with van der Waals surface area (Å²) in [5, 5.41) is 20.1. The number of sulfonamides is 1. The molecule has 2 aromatic rings. The maximum Gasteiger partial charge on any atom is 0.262 e. The first-order valence-corrected chi connectivity index (χ1v) is 9.15. The monoisotopic (exact) mass is 353 g/mol. The van der Waals surface area contributed by atoms with Gasteiger partial charge in [-0.25, -0.2) is 12.8 Å². The third kappa shape index (κ3) is 4.38. The first-order valence-electron chi connectivity index (χ1n) is 7.66. The normalized spacial score (nSPS) is 11.4. The van der Waals surface area contributed by atoms with E-state index in [1.54, 1.807) is 0 Å². The van der Waals surface area contributed by atoms with E-state index >= 15 is 0 Å². The van der Waals surface area contributed by atoms with Crippen molar-refractivity contribution >= 4 is 15.7 Å². The van der Waals surface area contributed by atoms with Crippen molar-refractivity contribution in [1.82, 2.24) is 0 Å². The minimum absolute atomic E-state index is 0.298. The van der Waals surface area contributed by atoms with Crippen molar-refractivity contribution in [3.63, 3.8) is 0 Å². The predicted molar refractivity (Wildman–Crippen MR) is 90.2 cm³/mol. The Balaban J connectivity index is 2.26. The molecule has 0 aromatic heterocycles. The quantitative estimate of drug-likeness (QED) is 0.522. The van der Waals surface area contributed by atoms with Gasteiger partial charge in [0, 0.05) is 0 Å². The van der Waals surface area contributed by atoms with Crippen molar-refractivity contribution in [2.45, 2.75) is 37.5 Å². The van der Waals surface area contributed by atoms with E-state index in [4.69, 9.17) is 0 Å². The number of aromatic hydroxyl groups is 2. The molecule has 2 rings (SSSR count). The van der Waals surface area contributed by atoms with Crippen LogP contribution in [0.25, 0.3) is 0 Å². The van der Waals surface area contributed by atoms with Gasteiger partial charge in [0.2, 0.25) is 0 Å². The highest BCUT2D eigenvalue weighted by molar-refractivity contribution is 7.92. The molecule has 0 radical (unpaired) electrons. The molecule has 2 aromatic carbocycles. The number of phenolic OH excluding ortho intramolecular Hbond substituents is 2. The molecule has 0 amide bonds. The molecule has 0 aliphatic carbocycles. The number of nitrogens with one attached hydrogen (secondary N) is 1. The van der Waals surface area contributed by atoms with Gasteiger partial charge >= 0.3 is 0 Å². The van der Waals surface area contributed by atoms with Crippen LogP contribution in [0.2, 0.25) is 0 Å². The Hall–Kier alpha value is -2.28. The number of aryl methyl sites for hydroxylation is 1. The summed E-state index contributed by atoms with van der Waals surface area (Å²) in [6, 6.07) is 7.30. The molecule has 0 atom stereocenters. The fraction of sp³-hybridized carbons (Fsp3) is 0.294. The molecule has 5 nitrogen and oxygen atoms in total. The summed E-state index contributed by atoms with van der Waals surface area (Å²) in [5.41, 5.74) is 0.394. The van der Waals surface area contributed by atoms with Crippen LogP contribution in [-0.2, 0) is 16.4 Å². The van der Waals surface area contributed by atoms with Crippen molar-refractivity contribution in [2.75, 3.05) is 4.72 Å². The van der Waals surface area contributed by atoms with E-state index < -0.39 is 15.8 Å². The number of unbranched alkanes of at least 4 members (excludes halogenated alkanes) is 2. The maximum atomic E-state index is 13.2. The Morgan fingerprint density at radius 3 is 2.33 bits per heavy atom. The fourth-order valence-electron chi connectivity index (χ4n) is 2.32. The molecule has 0 spiro atoms. The molecule has 3 N–H and O–H groups in total. The van der Waals surface area contributed by atoms with Crippen LogP contribution in [0.3, 0.4) is 0 Å². The summed E-state index contributed by atoms with van der Waals surface area (Å²) >= 11 is 0.